The highest BCUT2D eigenvalue weighted by Gasteiger charge is 2.48. The Morgan fingerprint density at radius 3 is 2.79 bits per heavy atom. The lowest BCUT2D eigenvalue weighted by Gasteiger charge is -2.26. The van der Waals surface area contributed by atoms with Crippen LogP contribution in [0, 0.1) is 17.3 Å². The largest absolute Gasteiger partial charge is 0.393 e. The van der Waals surface area contributed by atoms with Crippen molar-refractivity contribution in [1.29, 1.82) is 0 Å². The Kier molecular flexibility index (Phi) is 2.26. The first-order valence-electron chi connectivity index (χ1n) is 5.44. The number of carbonyl (C=O) groups is 1. The number of ketones is 1. The second kappa shape index (κ2) is 3.20. The average Bonchev–Trinajstić information content (AvgIpc) is 2.60. The van der Waals surface area contributed by atoms with Gasteiger partial charge >= 0.3 is 0 Å². The fourth-order valence-electron chi connectivity index (χ4n) is 2.59. The molecule has 2 nitrogen and oxygen atoms in total. The van der Waals surface area contributed by atoms with E-state index in [-0.39, 0.29) is 17.4 Å². The van der Waals surface area contributed by atoms with Crippen molar-refractivity contribution >= 4 is 5.78 Å². The molecule has 14 heavy (non-hydrogen) atoms. The lowest BCUT2D eigenvalue weighted by Crippen LogP contribution is -2.30. The van der Waals surface area contributed by atoms with Crippen molar-refractivity contribution in [1.82, 2.24) is 0 Å². The molecule has 2 rings (SSSR count). The topological polar surface area (TPSA) is 37.3 Å². The first-order chi connectivity index (χ1) is 6.53. The summed E-state index contributed by atoms with van der Waals surface area (Å²) >= 11 is 0. The maximum Gasteiger partial charge on any atom is 0.143 e. The zero-order valence-electron chi connectivity index (χ0n) is 8.86. The van der Waals surface area contributed by atoms with Crippen molar-refractivity contribution in [2.24, 2.45) is 17.3 Å². The van der Waals surface area contributed by atoms with E-state index in [2.05, 4.69) is 6.08 Å². The Morgan fingerprint density at radius 2 is 2.36 bits per heavy atom. The SMILES string of the molecule is CC(C)C(O)CC12C=CC(CC1=O)C2. The second-order valence-corrected chi connectivity index (χ2v) is 5.12. The second-order valence-electron chi connectivity index (χ2n) is 5.12. The Hall–Kier alpha value is -0.630. The molecule has 1 N–H and O–H groups in total. The van der Waals surface area contributed by atoms with Gasteiger partial charge in [-0.25, -0.2) is 0 Å². The number of rotatable bonds is 3. The van der Waals surface area contributed by atoms with Gasteiger partial charge in [-0.1, -0.05) is 26.0 Å². The van der Waals surface area contributed by atoms with E-state index >= 15 is 0 Å². The van der Waals surface area contributed by atoms with Crippen LogP contribution in [0.4, 0.5) is 0 Å². The fraction of sp³-hybridized carbons (Fsp3) is 0.750. The van der Waals surface area contributed by atoms with Crippen LogP contribution in [0.25, 0.3) is 0 Å². The minimum Gasteiger partial charge on any atom is -0.393 e. The first kappa shape index (κ1) is 9.91. The summed E-state index contributed by atoms with van der Waals surface area (Å²) in [7, 11) is 0. The van der Waals surface area contributed by atoms with Crippen LogP contribution in [0.15, 0.2) is 12.2 Å². The standard InChI is InChI=1S/C12H18O2/c1-8(2)10(13)7-12-4-3-9(6-12)5-11(12)14/h3-4,8-10,13H,5-7H2,1-2H3. The van der Waals surface area contributed by atoms with Crippen LogP contribution < -0.4 is 0 Å². The van der Waals surface area contributed by atoms with Gasteiger partial charge in [0.15, 0.2) is 0 Å². The third-order valence-corrected chi connectivity index (χ3v) is 3.66. The number of carbonyl (C=O) groups excluding carboxylic acids is 1. The Balaban J connectivity index is 2.10. The van der Waals surface area contributed by atoms with E-state index in [4.69, 9.17) is 0 Å². The number of fused-ring (bicyclic) bond motifs is 2. The van der Waals surface area contributed by atoms with Crippen LogP contribution >= 0.6 is 0 Å². The molecule has 2 aliphatic rings. The molecule has 0 aliphatic heterocycles. The molecule has 0 saturated heterocycles. The molecule has 0 aromatic heterocycles. The molecular formula is C12H18O2. The van der Waals surface area contributed by atoms with Crippen LogP contribution in [0.1, 0.15) is 33.1 Å². The summed E-state index contributed by atoms with van der Waals surface area (Å²) in [5, 5.41) is 9.83. The third kappa shape index (κ3) is 1.42. The smallest absolute Gasteiger partial charge is 0.143 e. The lowest BCUT2D eigenvalue weighted by molar-refractivity contribution is -0.125. The van der Waals surface area contributed by atoms with Crippen LogP contribution in [0.2, 0.25) is 0 Å². The van der Waals surface area contributed by atoms with Crippen LogP contribution in [-0.2, 0) is 4.79 Å². The van der Waals surface area contributed by atoms with Crippen LogP contribution in [0.3, 0.4) is 0 Å². The molecule has 2 bridgehead atoms. The Morgan fingerprint density at radius 1 is 1.64 bits per heavy atom. The highest BCUT2D eigenvalue weighted by atomic mass is 16.3. The van der Waals surface area contributed by atoms with Crippen molar-refractivity contribution < 1.29 is 9.90 Å². The summed E-state index contributed by atoms with van der Waals surface area (Å²) in [4.78, 5) is 11.8. The quantitative estimate of drug-likeness (QED) is 0.697. The number of hydrogen-bond acceptors (Lipinski definition) is 2. The molecule has 2 heteroatoms. The molecule has 1 saturated carbocycles. The van der Waals surface area contributed by atoms with Gasteiger partial charge in [0.05, 0.1) is 6.10 Å². The molecule has 0 heterocycles. The summed E-state index contributed by atoms with van der Waals surface area (Å²) in [6.07, 6.45) is 6.09. The van der Waals surface area contributed by atoms with Gasteiger partial charge < -0.3 is 5.11 Å². The Labute approximate surface area is 85.0 Å². The molecule has 78 valence electrons. The lowest BCUT2D eigenvalue weighted by atomic mass is 9.79. The number of Topliss-reactive ketones (excluding diaryl/α,β-unsaturated/α-hetero) is 1. The molecular weight excluding hydrogens is 176 g/mol. The minimum atomic E-state index is -0.347. The van der Waals surface area contributed by atoms with E-state index in [1.54, 1.807) is 0 Å². The van der Waals surface area contributed by atoms with Gasteiger partial charge in [0.1, 0.15) is 5.78 Å². The predicted octanol–water partition coefficient (Wildman–Crippen LogP) is 1.93. The van der Waals surface area contributed by atoms with Crippen molar-refractivity contribution in [3.63, 3.8) is 0 Å². The van der Waals surface area contributed by atoms with E-state index in [9.17, 15) is 9.90 Å². The molecule has 0 radical (unpaired) electrons. The summed E-state index contributed by atoms with van der Waals surface area (Å²) in [6.45, 7) is 3.99. The molecule has 0 aromatic rings. The fourth-order valence-corrected chi connectivity index (χ4v) is 2.59. The van der Waals surface area contributed by atoms with Gasteiger partial charge in [-0.05, 0) is 24.7 Å². The number of aliphatic hydroxyl groups is 1. The maximum atomic E-state index is 11.8. The number of allylic oxidation sites excluding steroid dienone is 2. The van der Waals surface area contributed by atoms with Gasteiger partial charge in [-0.15, -0.1) is 0 Å². The maximum absolute atomic E-state index is 11.8. The van der Waals surface area contributed by atoms with Gasteiger partial charge in [-0.3, -0.25) is 4.79 Å². The molecule has 0 amide bonds. The van der Waals surface area contributed by atoms with Crippen molar-refractivity contribution in [2.45, 2.75) is 39.2 Å². The number of aliphatic hydroxyl groups excluding tert-OH is 1. The molecule has 2 aliphatic carbocycles. The number of hydrogen-bond donors (Lipinski definition) is 1. The molecule has 3 atom stereocenters. The van der Waals surface area contributed by atoms with Gasteiger partial charge in [0.25, 0.3) is 0 Å². The summed E-state index contributed by atoms with van der Waals surface area (Å²) in [6, 6.07) is 0. The normalized spacial score (nSPS) is 37.1. The van der Waals surface area contributed by atoms with Gasteiger partial charge in [-0.2, -0.15) is 0 Å². The van der Waals surface area contributed by atoms with Crippen molar-refractivity contribution in [3.05, 3.63) is 12.2 Å². The van der Waals surface area contributed by atoms with E-state index in [0.717, 1.165) is 6.42 Å². The van der Waals surface area contributed by atoms with Crippen LogP contribution in [0.5, 0.6) is 0 Å². The molecule has 0 spiro atoms. The summed E-state index contributed by atoms with van der Waals surface area (Å²) < 4.78 is 0. The summed E-state index contributed by atoms with van der Waals surface area (Å²) in [5.74, 6) is 1.04. The van der Waals surface area contributed by atoms with E-state index < -0.39 is 0 Å². The van der Waals surface area contributed by atoms with E-state index in [0.29, 0.717) is 24.5 Å². The Bertz CT molecular complexity index is 280. The summed E-state index contributed by atoms with van der Waals surface area (Å²) in [5.41, 5.74) is -0.297. The average molecular weight is 194 g/mol. The van der Waals surface area contributed by atoms with Gasteiger partial charge in [0, 0.05) is 11.8 Å². The predicted molar refractivity (Wildman–Crippen MR) is 54.8 cm³/mol. The van der Waals surface area contributed by atoms with Crippen molar-refractivity contribution in [3.8, 4) is 0 Å². The van der Waals surface area contributed by atoms with Crippen LogP contribution in [-0.4, -0.2) is 17.0 Å². The zero-order chi connectivity index (χ0) is 10.3. The highest BCUT2D eigenvalue weighted by molar-refractivity contribution is 5.90. The van der Waals surface area contributed by atoms with E-state index in [1.807, 2.05) is 19.9 Å². The zero-order valence-corrected chi connectivity index (χ0v) is 8.86. The third-order valence-electron chi connectivity index (χ3n) is 3.66. The first-order valence-corrected chi connectivity index (χ1v) is 5.44. The minimum absolute atomic E-state index is 0.241. The van der Waals surface area contributed by atoms with Gasteiger partial charge in [0.2, 0.25) is 0 Å². The molecule has 0 aromatic carbocycles. The molecule has 3 unspecified atom stereocenters. The monoisotopic (exact) mass is 194 g/mol. The van der Waals surface area contributed by atoms with E-state index in [1.165, 1.54) is 0 Å². The molecule has 1 fully saturated rings. The highest BCUT2D eigenvalue weighted by Crippen LogP contribution is 2.49. The van der Waals surface area contributed by atoms with Crippen molar-refractivity contribution in [2.75, 3.05) is 0 Å².